The first kappa shape index (κ1) is 11.9. The molecule has 7 heteroatoms. The van der Waals surface area contributed by atoms with Crippen molar-refractivity contribution in [3.05, 3.63) is 29.8 Å². The van der Waals surface area contributed by atoms with Crippen molar-refractivity contribution < 1.29 is 18.7 Å². The van der Waals surface area contributed by atoms with Crippen LogP contribution in [0, 0.1) is 5.95 Å². The fourth-order valence-corrected chi connectivity index (χ4v) is 0.967. The number of primary amides is 1. The zero-order valence-corrected chi connectivity index (χ0v) is 8.27. The summed E-state index contributed by atoms with van der Waals surface area (Å²) in [5.41, 5.74) is 4.54. The number of ether oxygens (including phenoxy) is 1. The van der Waals surface area contributed by atoms with E-state index in [0.717, 1.165) is 0 Å². The summed E-state index contributed by atoms with van der Waals surface area (Å²) in [6.07, 6.45) is 0.310. The maximum Gasteiger partial charge on any atom is 0.404 e. The van der Waals surface area contributed by atoms with Crippen LogP contribution in [-0.2, 0) is 4.74 Å². The van der Waals surface area contributed by atoms with Crippen molar-refractivity contribution in [2.24, 2.45) is 5.73 Å². The van der Waals surface area contributed by atoms with E-state index in [9.17, 15) is 14.0 Å². The van der Waals surface area contributed by atoms with Crippen LogP contribution in [0.4, 0.5) is 9.18 Å². The van der Waals surface area contributed by atoms with Crippen molar-refractivity contribution >= 4 is 12.0 Å². The predicted molar refractivity (Wildman–Crippen MR) is 52.1 cm³/mol. The van der Waals surface area contributed by atoms with E-state index < -0.39 is 17.9 Å². The molecule has 0 aliphatic carbocycles. The van der Waals surface area contributed by atoms with Crippen LogP contribution in [0.15, 0.2) is 18.3 Å². The molecule has 0 saturated carbocycles. The molecule has 1 aromatic rings. The Hall–Kier alpha value is -2.18. The molecule has 16 heavy (non-hydrogen) atoms. The summed E-state index contributed by atoms with van der Waals surface area (Å²) in [5, 5.41) is 2.34. The van der Waals surface area contributed by atoms with E-state index in [-0.39, 0.29) is 18.7 Å². The third kappa shape index (κ3) is 3.52. The molecular formula is C9H10FN3O3. The number of aromatic nitrogens is 1. The minimum absolute atomic E-state index is 0.0517. The van der Waals surface area contributed by atoms with Gasteiger partial charge in [-0.3, -0.25) is 4.79 Å². The Balaban J connectivity index is 2.41. The summed E-state index contributed by atoms with van der Waals surface area (Å²) in [4.78, 5) is 24.9. The maximum absolute atomic E-state index is 13.0. The van der Waals surface area contributed by atoms with Crippen LogP contribution in [0.2, 0.25) is 0 Å². The Morgan fingerprint density at radius 2 is 2.31 bits per heavy atom. The van der Waals surface area contributed by atoms with Crippen molar-refractivity contribution in [1.29, 1.82) is 0 Å². The van der Waals surface area contributed by atoms with Gasteiger partial charge >= 0.3 is 6.09 Å². The van der Waals surface area contributed by atoms with Crippen molar-refractivity contribution in [2.45, 2.75) is 0 Å². The summed E-state index contributed by atoms with van der Waals surface area (Å²) < 4.78 is 17.4. The Morgan fingerprint density at radius 1 is 1.56 bits per heavy atom. The van der Waals surface area contributed by atoms with E-state index in [4.69, 9.17) is 5.73 Å². The number of rotatable bonds is 4. The maximum atomic E-state index is 13.0. The zero-order chi connectivity index (χ0) is 12.0. The summed E-state index contributed by atoms with van der Waals surface area (Å²) in [5.74, 6) is -1.48. The van der Waals surface area contributed by atoms with Gasteiger partial charge in [-0.25, -0.2) is 9.78 Å². The van der Waals surface area contributed by atoms with Gasteiger partial charge in [-0.1, -0.05) is 0 Å². The van der Waals surface area contributed by atoms with Gasteiger partial charge in [0.2, 0.25) is 5.95 Å². The number of hydrogen-bond acceptors (Lipinski definition) is 4. The Bertz CT molecular complexity index is 397. The second kappa shape index (κ2) is 5.64. The molecule has 86 valence electrons. The highest BCUT2D eigenvalue weighted by atomic mass is 19.1. The van der Waals surface area contributed by atoms with Gasteiger partial charge in [0.1, 0.15) is 6.61 Å². The average molecular weight is 227 g/mol. The van der Waals surface area contributed by atoms with Crippen LogP contribution >= 0.6 is 0 Å². The van der Waals surface area contributed by atoms with Crippen molar-refractivity contribution in [1.82, 2.24) is 10.3 Å². The first-order chi connectivity index (χ1) is 7.61. The molecule has 0 aromatic carbocycles. The van der Waals surface area contributed by atoms with Gasteiger partial charge in [0, 0.05) is 6.20 Å². The fourth-order valence-electron chi connectivity index (χ4n) is 0.967. The van der Waals surface area contributed by atoms with E-state index in [0.29, 0.717) is 0 Å². The number of carbonyl (C=O) groups excluding carboxylic acids is 2. The van der Waals surface area contributed by atoms with E-state index in [1.807, 2.05) is 0 Å². The molecule has 0 unspecified atom stereocenters. The Kier molecular flexibility index (Phi) is 4.19. The van der Waals surface area contributed by atoms with Gasteiger partial charge in [0.05, 0.1) is 12.1 Å². The SMILES string of the molecule is NC(=O)OCCNC(=O)c1cccnc1F. The minimum atomic E-state index is -0.929. The largest absolute Gasteiger partial charge is 0.448 e. The molecule has 0 bridgehead atoms. The molecular weight excluding hydrogens is 217 g/mol. The lowest BCUT2D eigenvalue weighted by Crippen LogP contribution is -2.29. The summed E-state index contributed by atoms with van der Waals surface area (Å²) in [6, 6.07) is 2.74. The topological polar surface area (TPSA) is 94.3 Å². The molecule has 0 aliphatic heterocycles. The first-order valence-electron chi connectivity index (χ1n) is 4.42. The first-order valence-corrected chi connectivity index (χ1v) is 4.42. The van der Waals surface area contributed by atoms with Gasteiger partial charge < -0.3 is 15.8 Å². The number of nitrogens with zero attached hydrogens (tertiary/aromatic N) is 1. The molecule has 2 amide bonds. The molecule has 0 atom stereocenters. The number of nitrogens with two attached hydrogens (primary N) is 1. The molecule has 1 aromatic heterocycles. The molecule has 0 fully saturated rings. The quantitative estimate of drug-likeness (QED) is 0.561. The lowest BCUT2D eigenvalue weighted by atomic mass is 10.2. The monoisotopic (exact) mass is 227 g/mol. The third-order valence-corrected chi connectivity index (χ3v) is 1.64. The summed E-state index contributed by atoms with van der Waals surface area (Å²) in [6.45, 7) is -0.0148. The smallest absolute Gasteiger partial charge is 0.404 e. The summed E-state index contributed by atoms with van der Waals surface area (Å²) in [7, 11) is 0. The van der Waals surface area contributed by atoms with Crippen molar-refractivity contribution in [3.63, 3.8) is 0 Å². The Labute approximate surface area is 90.6 Å². The van der Waals surface area contributed by atoms with Crippen LogP contribution in [0.1, 0.15) is 10.4 Å². The highest BCUT2D eigenvalue weighted by Crippen LogP contribution is 2.01. The minimum Gasteiger partial charge on any atom is -0.448 e. The van der Waals surface area contributed by atoms with Crippen LogP contribution in [0.25, 0.3) is 0 Å². The molecule has 3 N–H and O–H groups in total. The molecule has 0 spiro atoms. The van der Waals surface area contributed by atoms with Crippen molar-refractivity contribution in [3.8, 4) is 0 Å². The van der Waals surface area contributed by atoms with Gasteiger partial charge in [-0.05, 0) is 12.1 Å². The highest BCUT2D eigenvalue weighted by molar-refractivity contribution is 5.94. The number of amides is 2. The second-order valence-electron chi connectivity index (χ2n) is 2.77. The number of pyridine rings is 1. The van der Waals surface area contributed by atoms with E-state index >= 15 is 0 Å². The zero-order valence-electron chi connectivity index (χ0n) is 8.27. The lowest BCUT2D eigenvalue weighted by Gasteiger charge is -2.05. The van der Waals surface area contributed by atoms with Crippen LogP contribution in [0.3, 0.4) is 0 Å². The molecule has 1 heterocycles. The van der Waals surface area contributed by atoms with E-state index in [1.165, 1.54) is 18.3 Å². The average Bonchev–Trinajstić information content (AvgIpc) is 2.24. The normalized spacial score (nSPS) is 9.56. The number of carbonyl (C=O) groups is 2. The van der Waals surface area contributed by atoms with Gasteiger partial charge in [0.15, 0.2) is 0 Å². The highest BCUT2D eigenvalue weighted by Gasteiger charge is 2.10. The van der Waals surface area contributed by atoms with Crippen LogP contribution in [-0.4, -0.2) is 30.1 Å². The van der Waals surface area contributed by atoms with Crippen LogP contribution in [0.5, 0.6) is 0 Å². The third-order valence-electron chi connectivity index (χ3n) is 1.64. The second-order valence-corrected chi connectivity index (χ2v) is 2.77. The van der Waals surface area contributed by atoms with Gasteiger partial charge in [-0.2, -0.15) is 4.39 Å². The molecule has 0 radical (unpaired) electrons. The number of hydrogen-bond donors (Lipinski definition) is 2. The lowest BCUT2D eigenvalue weighted by molar-refractivity contribution is 0.0932. The van der Waals surface area contributed by atoms with E-state index in [1.54, 1.807) is 0 Å². The van der Waals surface area contributed by atoms with E-state index in [2.05, 4.69) is 15.0 Å². The molecule has 0 saturated heterocycles. The predicted octanol–water partition coefficient (Wildman–Crippen LogP) is 0.0458. The number of halogens is 1. The van der Waals surface area contributed by atoms with Crippen LogP contribution < -0.4 is 11.1 Å². The number of nitrogens with one attached hydrogen (secondary N) is 1. The Morgan fingerprint density at radius 3 is 2.94 bits per heavy atom. The standard InChI is InChI=1S/C9H10FN3O3/c10-7-6(2-1-3-12-7)8(14)13-4-5-16-9(11)15/h1-3H,4-5H2,(H2,11,15)(H,13,14). The van der Waals surface area contributed by atoms with Gasteiger partial charge in [-0.15, -0.1) is 0 Å². The fraction of sp³-hybridized carbons (Fsp3) is 0.222. The van der Waals surface area contributed by atoms with Crippen molar-refractivity contribution in [2.75, 3.05) is 13.2 Å². The summed E-state index contributed by atoms with van der Waals surface area (Å²) >= 11 is 0. The van der Waals surface area contributed by atoms with Gasteiger partial charge in [0.25, 0.3) is 5.91 Å². The molecule has 1 rings (SSSR count). The molecule has 6 nitrogen and oxygen atoms in total. The molecule has 0 aliphatic rings.